The summed E-state index contributed by atoms with van der Waals surface area (Å²) >= 11 is 0. The van der Waals surface area contributed by atoms with Gasteiger partial charge in [0.25, 0.3) is 0 Å². The maximum Gasteiger partial charge on any atom is 0.387 e. The van der Waals surface area contributed by atoms with Gasteiger partial charge in [-0.1, -0.05) is 38.8 Å². The Morgan fingerprint density at radius 1 is 1.10 bits per heavy atom. The first kappa shape index (κ1) is 17.9. The first-order valence-electron chi connectivity index (χ1n) is 7.69. The third kappa shape index (κ3) is 7.42. The Morgan fingerprint density at radius 2 is 1.81 bits per heavy atom. The topological polar surface area (TPSA) is 21.3 Å². The van der Waals surface area contributed by atoms with Crippen molar-refractivity contribution in [3.05, 3.63) is 29.8 Å². The van der Waals surface area contributed by atoms with Crippen molar-refractivity contribution < 1.29 is 13.5 Å². The van der Waals surface area contributed by atoms with Gasteiger partial charge < -0.3 is 10.1 Å². The van der Waals surface area contributed by atoms with Gasteiger partial charge >= 0.3 is 6.61 Å². The van der Waals surface area contributed by atoms with Crippen LogP contribution in [0.5, 0.6) is 5.75 Å². The maximum atomic E-state index is 12.2. The van der Waals surface area contributed by atoms with Crippen LogP contribution in [0.2, 0.25) is 0 Å². The van der Waals surface area contributed by atoms with Crippen LogP contribution in [0.25, 0.3) is 0 Å². The molecule has 0 aliphatic heterocycles. The summed E-state index contributed by atoms with van der Waals surface area (Å²) in [6.07, 6.45) is 3.56. The summed E-state index contributed by atoms with van der Waals surface area (Å²) in [6.45, 7) is 5.89. The van der Waals surface area contributed by atoms with Crippen LogP contribution < -0.4 is 10.1 Å². The minimum absolute atomic E-state index is 0.111. The second-order valence-corrected chi connectivity index (χ2v) is 6.07. The lowest BCUT2D eigenvalue weighted by Gasteiger charge is -2.21. The molecule has 0 heterocycles. The molecule has 1 N–H and O–H groups in total. The predicted octanol–water partition coefficient (Wildman–Crippen LogP) is 5.15. The van der Waals surface area contributed by atoms with E-state index in [2.05, 4.69) is 30.8 Å². The van der Waals surface area contributed by atoms with E-state index in [1.807, 2.05) is 13.0 Å². The van der Waals surface area contributed by atoms with Crippen LogP contribution in [0.15, 0.2) is 24.3 Å². The standard InChI is InChI=1S/C17H27F2NO/c1-12(2)7-5-8-13(3)20-14(4)15-9-6-10-16(11-15)21-17(18)19/h6,9-14,17,20H,5,7-8H2,1-4H3. The molecule has 2 atom stereocenters. The Kier molecular flexibility index (Phi) is 7.65. The van der Waals surface area contributed by atoms with Gasteiger partial charge in [-0.3, -0.25) is 0 Å². The molecule has 1 rings (SSSR count). The monoisotopic (exact) mass is 299 g/mol. The van der Waals surface area contributed by atoms with Crippen LogP contribution in [0.3, 0.4) is 0 Å². The average Bonchev–Trinajstić information content (AvgIpc) is 2.37. The smallest absolute Gasteiger partial charge is 0.387 e. The Bertz CT molecular complexity index is 410. The number of ether oxygens (including phenoxy) is 1. The molecule has 0 saturated heterocycles. The SMILES string of the molecule is CC(C)CCCC(C)NC(C)c1cccc(OC(F)F)c1. The van der Waals surface area contributed by atoms with Crippen LogP contribution in [0, 0.1) is 5.92 Å². The molecule has 0 saturated carbocycles. The van der Waals surface area contributed by atoms with Crippen LogP contribution in [0.4, 0.5) is 8.78 Å². The number of alkyl halides is 2. The normalized spacial score (nSPS) is 14.5. The number of rotatable bonds is 9. The van der Waals surface area contributed by atoms with Gasteiger partial charge in [0, 0.05) is 12.1 Å². The predicted molar refractivity (Wildman–Crippen MR) is 82.8 cm³/mol. The van der Waals surface area contributed by atoms with E-state index in [0.29, 0.717) is 6.04 Å². The van der Waals surface area contributed by atoms with Gasteiger partial charge in [0.05, 0.1) is 0 Å². The van der Waals surface area contributed by atoms with E-state index in [1.165, 1.54) is 12.8 Å². The Morgan fingerprint density at radius 3 is 2.43 bits per heavy atom. The van der Waals surface area contributed by atoms with Gasteiger partial charge in [0.1, 0.15) is 5.75 Å². The number of halogens is 2. The summed E-state index contributed by atoms with van der Waals surface area (Å²) in [5, 5.41) is 3.51. The second kappa shape index (κ2) is 8.98. The van der Waals surface area contributed by atoms with Crippen molar-refractivity contribution in [2.24, 2.45) is 5.92 Å². The number of nitrogens with one attached hydrogen (secondary N) is 1. The zero-order valence-corrected chi connectivity index (χ0v) is 13.4. The van der Waals surface area contributed by atoms with Crippen LogP contribution in [0.1, 0.15) is 58.6 Å². The number of benzene rings is 1. The fourth-order valence-corrected chi connectivity index (χ4v) is 2.40. The summed E-state index contributed by atoms with van der Waals surface area (Å²) in [5.74, 6) is 0.946. The molecule has 1 aromatic rings. The van der Waals surface area contributed by atoms with E-state index in [4.69, 9.17) is 0 Å². The molecule has 120 valence electrons. The Hall–Kier alpha value is -1.16. The molecular formula is C17H27F2NO. The molecule has 1 aromatic carbocycles. The maximum absolute atomic E-state index is 12.2. The van der Waals surface area contributed by atoms with Crippen molar-refractivity contribution in [2.45, 2.75) is 65.7 Å². The van der Waals surface area contributed by atoms with E-state index >= 15 is 0 Å². The summed E-state index contributed by atoms with van der Waals surface area (Å²) in [4.78, 5) is 0. The summed E-state index contributed by atoms with van der Waals surface area (Å²) in [6, 6.07) is 7.41. The molecule has 0 aliphatic rings. The first-order chi connectivity index (χ1) is 9.88. The second-order valence-electron chi connectivity index (χ2n) is 6.07. The van der Waals surface area contributed by atoms with Crippen molar-refractivity contribution in [1.29, 1.82) is 0 Å². The largest absolute Gasteiger partial charge is 0.435 e. The highest BCUT2D eigenvalue weighted by atomic mass is 19.3. The van der Waals surface area contributed by atoms with Gasteiger partial charge in [0.2, 0.25) is 0 Å². The van der Waals surface area contributed by atoms with Gasteiger partial charge in [-0.05, 0) is 43.9 Å². The first-order valence-corrected chi connectivity index (χ1v) is 7.69. The number of hydrogen-bond donors (Lipinski definition) is 1. The molecule has 4 heteroatoms. The molecule has 0 aromatic heterocycles. The van der Waals surface area contributed by atoms with Gasteiger partial charge in [-0.25, -0.2) is 0 Å². The molecule has 0 bridgehead atoms. The van der Waals surface area contributed by atoms with E-state index in [9.17, 15) is 8.78 Å². The van der Waals surface area contributed by atoms with E-state index in [1.54, 1.807) is 18.2 Å². The van der Waals surface area contributed by atoms with Crippen LogP contribution in [-0.2, 0) is 0 Å². The minimum atomic E-state index is -2.78. The van der Waals surface area contributed by atoms with Crippen molar-refractivity contribution in [2.75, 3.05) is 0 Å². The Balaban J connectivity index is 2.48. The molecule has 2 unspecified atom stereocenters. The molecule has 2 nitrogen and oxygen atoms in total. The van der Waals surface area contributed by atoms with Crippen molar-refractivity contribution >= 4 is 0 Å². The lowest BCUT2D eigenvalue weighted by Crippen LogP contribution is -2.29. The highest BCUT2D eigenvalue weighted by molar-refractivity contribution is 5.30. The van der Waals surface area contributed by atoms with Crippen molar-refractivity contribution in [3.8, 4) is 5.75 Å². The molecule has 0 spiro atoms. The zero-order valence-electron chi connectivity index (χ0n) is 13.4. The molecule has 21 heavy (non-hydrogen) atoms. The molecule has 0 amide bonds. The van der Waals surface area contributed by atoms with Gasteiger partial charge in [-0.15, -0.1) is 0 Å². The molecule has 0 fully saturated rings. The van der Waals surface area contributed by atoms with E-state index in [0.717, 1.165) is 17.9 Å². The average molecular weight is 299 g/mol. The van der Waals surface area contributed by atoms with Crippen LogP contribution in [-0.4, -0.2) is 12.7 Å². The lowest BCUT2D eigenvalue weighted by atomic mass is 10.0. The van der Waals surface area contributed by atoms with Crippen molar-refractivity contribution in [3.63, 3.8) is 0 Å². The summed E-state index contributed by atoms with van der Waals surface area (Å²) in [7, 11) is 0. The molecule has 0 radical (unpaired) electrons. The lowest BCUT2D eigenvalue weighted by molar-refractivity contribution is -0.0499. The quantitative estimate of drug-likeness (QED) is 0.680. The van der Waals surface area contributed by atoms with Gasteiger partial charge in [0.15, 0.2) is 0 Å². The highest BCUT2D eigenvalue weighted by Gasteiger charge is 2.11. The number of hydrogen-bond acceptors (Lipinski definition) is 2. The fraction of sp³-hybridized carbons (Fsp3) is 0.647. The highest BCUT2D eigenvalue weighted by Crippen LogP contribution is 2.21. The third-order valence-corrected chi connectivity index (χ3v) is 3.54. The van der Waals surface area contributed by atoms with Crippen LogP contribution >= 0.6 is 0 Å². The van der Waals surface area contributed by atoms with Crippen molar-refractivity contribution in [1.82, 2.24) is 5.32 Å². The molecule has 0 aliphatic carbocycles. The summed E-state index contributed by atoms with van der Waals surface area (Å²) < 4.78 is 28.9. The Labute approximate surface area is 126 Å². The third-order valence-electron chi connectivity index (χ3n) is 3.54. The van der Waals surface area contributed by atoms with E-state index < -0.39 is 6.61 Å². The minimum Gasteiger partial charge on any atom is -0.435 e. The summed E-state index contributed by atoms with van der Waals surface area (Å²) in [5.41, 5.74) is 0.962. The fourth-order valence-electron chi connectivity index (χ4n) is 2.40. The van der Waals surface area contributed by atoms with E-state index in [-0.39, 0.29) is 11.8 Å². The zero-order chi connectivity index (χ0) is 15.8. The molecular weight excluding hydrogens is 272 g/mol. The van der Waals surface area contributed by atoms with Gasteiger partial charge in [-0.2, -0.15) is 8.78 Å².